The molecule has 36 heavy (non-hydrogen) atoms. The Labute approximate surface area is 211 Å². The number of nitrogens with one attached hydrogen (secondary N) is 1. The van der Waals surface area contributed by atoms with Crippen LogP contribution in [0.15, 0.2) is 47.5 Å². The second kappa shape index (κ2) is 11.7. The molecule has 0 radical (unpaired) electrons. The molecule has 10 nitrogen and oxygen atoms in total. The summed E-state index contributed by atoms with van der Waals surface area (Å²) in [6.45, 7) is 0.208. The molecule has 6 N–H and O–H groups in total. The molecule has 3 rings (SSSR count). The van der Waals surface area contributed by atoms with Crippen LogP contribution in [-0.2, 0) is 11.3 Å². The topological polar surface area (TPSA) is 163 Å². The molecule has 0 saturated heterocycles. The molecular formula is C21H18Cl2F3N5O5. The lowest BCUT2D eigenvalue weighted by atomic mass is 10.1. The number of ether oxygens (including phenoxy) is 1. The number of carbonyl (C=O) groups excluding carboxylic acids is 1. The first-order valence-corrected chi connectivity index (χ1v) is 10.4. The molecule has 0 unspecified atom stereocenters. The van der Waals surface area contributed by atoms with Crippen LogP contribution in [0.25, 0.3) is 5.69 Å². The molecule has 0 aliphatic heterocycles. The number of carboxylic acids is 1. The number of aromatic nitrogens is 2. The lowest BCUT2D eigenvalue weighted by Crippen LogP contribution is -2.31. The number of halogens is 5. The minimum atomic E-state index is -5.08. The van der Waals surface area contributed by atoms with Crippen molar-refractivity contribution in [2.45, 2.75) is 12.7 Å². The summed E-state index contributed by atoms with van der Waals surface area (Å²) in [5, 5.41) is 10.2. The number of nitrogen functional groups attached to an aromatic ring is 1. The maximum absolute atomic E-state index is 13.0. The van der Waals surface area contributed by atoms with Crippen LogP contribution in [0.5, 0.6) is 5.75 Å². The number of carbonyl (C=O) groups is 2. The number of nitrogens with zero attached hydrogens (tertiary/aromatic N) is 2. The maximum Gasteiger partial charge on any atom is 0.490 e. The van der Waals surface area contributed by atoms with Gasteiger partial charge in [0.15, 0.2) is 0 Å². The van der Waals surface area contributed by atoms with E-state index in [-0.39, 0.29) is 33.7 Å². The highest BCUT2D eigenvalue weighted by molar-refractivity contribution is 6.37. The summed E-state index contributed by atoms with van der Waals surface area (Å²) in [5.41, 5.74) is 11.7. The van der Waals surface area contributed by atoms with Crippen molar-refractivity contribution in [2.24, 2.45) is 5.73 Å². The number of aliphatic carboxylic acids is 1. The van der Waals surface area contributed by atoms with E-state index in [9.17, 15) is 22.8 Å². The fourth-order valence-corrected chi connectivity index (χ4v) is 3.41. The first-order valence-electron chi connectivity index (χ1n) is 9.62. The SMILES string of the molecule is COc1c(CN)cccc1NC(=O)c1c(N)ncn(-c2c(Cl)cccc2Cl)c1=O.O=C(O)C(F)(F)F. The molecule has 2 aromatic carbocycles. The van der Waals surface area contributed by atoms with Gasteiger partial charge in [0.2, 0.25) is 0 Å². The Kier molecular flexibility index (Phi) is 9.28. The van der Waals surface area contributed by atoms with Gasteiger partial charge in [-0.2, -0.15) is 13.2 Å². The van der Waals surface area contributed by atoms with Crippen molar-refractivity contribution >= 4 is 46.6 Å². The third-order valence-electron chi connectivity index (χ3n) is 4.42. The maximum atomic E-state index is 13.0. The van der Waals surface area contributed by atoms with Crippen LogP contribution in [0.2, 0.25) is 10.0 Å². The number of rotatable bonds is 5. The Morgan fingerprint density at radius 3 is 2.22 bits per heavy atom. The van der Waals surface area contributed by atoms with Gasteiger partial charge >= 0.3 is 12.1 Å². The average Bonchev–Trinajstić information content (AvgIpc) is 2.80. The van der Waals surface area contributed by atoms with Crippen LogP contribution >= 0.6 is 23.2 Å². The number of benzene rings is 2. The van der Waals surface area contributed by atoms with Gasteiger partial charge in [-0.05, 0) is 18.2 Å². The van der Waals surface area contributed by atoms with Crippen LogP contribution in [-0.4, -0.2) is 39.8 Å². The molecule has 192 valence electrons. The molecule has 0 spiro atoms. The number of hydrogen-bond donors (Lipinski definition) is 4. The lowest BCUT2D eigenvalue weighted by Gasteiger charge is -2.15. The molecule has 0 bridgehead atoms. The van der Waals surface area contributed by atoms with Crippen molar-refractivity contribution in [3.05, 3.63) is 74.3 Å². The predicted molar refractivity (Wildman–Crippen MR) is 127 cm³/mol. The first kappa shape index (κ1) is 28.4. The highest BCUT2D eigenvalue weighted by atomic mass is 35.5. The zero-order valence-corrected chi connectivity index (χ0v) is 19.8. The molecule has 1 heterocycles. The van der Waals surface area contributed by atoms with Gasteiger partial charge in [-0.25, -0.2) is 9.78 Å². The van der Waals surface area contributed by atoms with Gasteiger partial charge in [0, 0.05) is 12.1 Å². The Balaban J connectivity index is 0.000000572. The molecule has 0 aliphatic carbocycles. The quantitative estimate of drug-likeness (QED) is 0.377. The summed E-state index contributed by atoms with van der Waals surface area (Å²) in [5.74, 6) is -3.36. The van der Waals surface area contributed by atoms with E-state index in [4.69, 9.17) is 49.3 Å². The van der Waals surface area contributed by atoms with E-state index in [0.717, 1.165) is 10.9 Å². The number of methoxy groups -OCH3 is 1. The number of para-hydroxylation sites is 2. The van der Waals surface area contributed by atoms with E-state index in [2.05, 4.69) is 10.3 Å². The lowest BCUT2D eigenvalue weighted by molar-refractivity contribution is -0.192. The molecule has 1 aromatic heterocycles. The van der Waals surface area contributed by atoms with Crippen molar-refractivity contribution in [3.8, 4) is 11.4 Å². The predicted octanol–water partition coefficient (Wildman–Crippen LogP) is 3.47. The highest BCUT2D eigenvalue weighted by Crippen LogP contribution is 2.30. The molecule has 15 heteroatoms. The second-order valence-electron chi connectivity index (χ2n) is 6.71. The molecule has 0 saturated carbocycles. The highest BCUT2D eigenvalue weighted by Gasteiger charge is 2.38. The number of nitrogens with two attached hydrogens (primary N) is 2. The molecule has 0 aliphatic rings. The Bertz CT molecular complexity index is 1330. The minimum absolute atomic E-state index is 0.199. The second-order valence-corrected chi connectivity index (χ2v) is 7.52. The van der Waals surface area contributed by atoms with Crippen molar-refractivity contribution in [3.63, 3.8) is 0 Å². The van der Waals surface area contributed by atoms with Crippen LogP contribution in [0, 0.1) is 0 Å². The largest absolute Gasteiger partial charge is 0.494 e. The smallest absolute Gasteiger partial charge is 0.490 e. The Morgan fingerprint density at radius 1 is 1.17 bits per heavy atom. The first-order chi connectivity index (χ1) is 16.8. The van der Waals surface area contributed by atoms with Gasteiger partial charge in [-0.1, -0.05) is 41.4 Å². The zero-order valence-electron chi connectivity index (χ0n) is 18.3. The van der Waals surface area contributed by atoms with E-state index in [0.29, 0.717) is 17.0 Å². The summed E-state index contributed by atoms with van der Waals surface area (Å²) in [7, 11) is 1.45. The van der Waals surface area contributed by atoms with Crippen molar-refractivity contribution < 1.29 is 32.6 Å². The van der Waals surface area contributed by atoms with E-state index >= 15 is 0 Å². The van der Waals surface area contributed by atoms with Gasteiger partial charge in [0.05, 0.1) is 28.5 Å². The summed E-state index contributed by atoms with van der Waals surface area (Å²) in [6, 6.07) is 9.84. The molecule has 0 fully saturated rings. The molecule has 3 aromatic rings. The van der Waals surface area contributed by atoms with Gasteiger partial charge in [0.25, 0.3) is 11.5 Å². The van der Waals surface area contributed by atoms with Crippen molar-refractivity contribution in [2.75, 3.05) is 18.2 Å². The average molecular weight is 548 g/mol. The Hall–Kier alpha value is -3.81. The van der Waals surface area contributed by atoms with Crippen LogP contribution in [0.4, 0.5) is 24.7 Å². The molecule has 1 amide bonds. The van der Waals surface area contributed by atoms with Gasteiger partial charge < -0.3 is 26.6 Å². The summed E-state index contributed by atoms with van der Waals surface area (Å²) < 4.78 is 38.1. The molecular weight excluding hydrogens is 530 g/mol. The van der Waals surface area contributed by atoms with Gasteiger partial charge in [-0.15, -0.1) is 0 Å². The number of hydrogen-bond acceptors (Lipinski definition) is 7. The van der Waals surface area contributed by atoms with Gasteiger partial charge in [0.1, 0.15) is 23.5 Å². The van der Waals surface area contributed by atoms with Crippen LogP contribution < -0.4 is 27.1 Å². The summed E-state index contributed by atoms with van der Waals surface area (Å²) in [6.07, 6.45) is -3.92. The number of alkyl halides is 3. The third kappa shape index (κ3) is 6.44. The van der Waals surface area contributed by atoms with E-state index < -0.39 is 23.6 Å². The van der Waals surface area contributed by atoms with E-state index in [1.807, 2.05) is 0 Å². The van der Waals surface area contributed by atoms with Crippen LogP contribution in [0.3, 0.4) is 0 Å². The fourth-order valence-electron chi connectivity index (χ4n) is 2.83. The van der Waals surface area contributed by atoms with Crippen LogP contribution in [0.1, 0.15) is 15.9 Å². The summed E-state index contributed by atoms with van der Waals surface area (Å²) in [4.78, 5) is 38.7. The normalized spacial score (nSPS) is 10.8. The number of carboxylic acid groups (broad SMARTS) is 1. The van der Waals surface area contributed by atoms with Gasteiger partial charge in [-0.3, -0.25) is 14.2 Å². The number of amides is 1. The standard InChI is InChI=1S/C19H17Cl2N5O3.C2HF3O2/c1-29-16-10(8-22)4-2-7-13(16)25-18(27)14-17(23)24-9-26(19(14)28)15-11(20)5-3-6-12(15)21;3-2(4,5)1(6)7/h2-7,9H,8,22-23H2,1H3,(H,25,27);(H,6,7). The summed E-state index contributed by atoms with van der Waals surface area (Å²) >= 11 is 12.4. The monoisotopic (exact) mass is 547 g/mol. The minimum Gasteiger partial charge on any atom is -0.494 e. The van der Waals surface area contributed by atoms with E-state index in [1.54, 1.807) is 36.4 Å². The van der Waals surface area contributed by atoms with E-state index in [1.165, 1.54) is 7.11 Å². The fraction of sp³-hybridized carbons (Fsp3) is 0.143. The van der Waals surface area contributed by atoms with Crippen molar-refractivity contribution in [1.82, 2.24) is 9.55 Å². The Morgan fingerprint density at radius 2 is 1.72 bits per heavy atom. The molecule has 0 atom stereocenters. The number of anilines is 2. The van der Waals surface area contributed by atoms with Crippen molar-refractivity contribution in [1.29, 1.82) is 0 Å². The zero-order chi connectivity index (χ0) is 27.2. The third-order valence-corrected chi connectivity index (χ3v) is 5.03.